The van der Waals surface area contributed by atoms with Crippen molar-refractivity contribution in [3.63, 3.8) is 0 Å². The molecule has 9 aromatic rings. The molecule has 0 aliphatic carbocycles. The molecule has 6 atom stereocenters. The van der Waals surface area contributed by atoms with Crippen molar-refractivity contribution in [2.45, 2.75) is 113 Å². The number of aliphatic hydroxyl groups excluding tert-OH is 3. The molecule has 24 nitrogen and oxygen atoms in total. The van der Waals surface area contributed by atoms with E-state index in [1.165, 1.54) is 5.56 Å². The molecule has 0 saturated carbocycles. The number of nitrogens with zero attached hydrogens (tertiary/aromatic N) is 10. The van der Waals surface area contributed by atoms with Crippen LogP contribution in [0.1, 0.15) is 142 Å². The van der Waals surface area contributed by atoms with E-state index in [9.17, 15) is 45.0 Å². The maximum absolute atomic E-state index is 11.5. The highest BCUT2D eigenvalue weighted by Gasteiger charge is 2.24. The first-order chi connectivity index (χ1) is 46.7. The van der Waals surface area contributed by atoms with Crippen molar-refractivity contribution in [3.05, 3.63) is 220 Å². The van der Waals surface area contributed by atoms with Gasteiger partial charge >= 0.3 is 17.9 Å². The van der Waals surface area contributed by atoms with Crippen molar-refractivity contribution >= 4 is 41.4 Å². The van der Waals surface area contributed by atoms with Gasteiger partial charge in [-0.25, -0.2) is 15.0 Å². The molecule has 492 valence electrons. The third-order valence-corrected chi connectivity index (χ3v) is 16.5. The molecule has 2 aromatic carbocycles. The number of aromatic nitrogens is 10. The molecule has 0 amide bonds. The standard InChI is InChI=1S/C25H24N4O5.C24H26N4O3.C23H23N5O3/c30-21(20-6-4-17-2-1-9-26-25(17)28-20)7-3-16-12-27-29(13-16)14-19(11-24(31)32)18-5-8-22-23(10-18)34-15-33-22;29-22(21-10-9-19-7-4-12-25-24(19)27-21)11-8-17-14-26-28(15-17)16-20(13-23(30)31)18-5-2-1-3-6-18;29-21(20-7-6-17-3-2-10-25-23(17)27-20)8-5-16-12-26-28(14-16)15-19(11-22(30)31)18-4-1-9-24-13-18/h4-6,8,10,12-13,19,21,30H,1-2,9,11,14-15H2,(H,26,28)(H,31,32);1-3,5-6,8-11,14-15,20,22,29H,4,7,12-13,16H2,(H,25,27)(H,30,31);1,4,6-7,9,12-14,19,21,29H,2-3,10-11,15H2,(H,25,27)(H,30,31). The number of pyridine rings is 4. The first-order valence-electron chi connectivity index (χ1n) is 31.8. The summed E-state index contributed by atoms with van der Waals surface area (Å²) in [5.41, 5.74) is 9.82. The Morgan fingerprint density at radius 3 is 1.53 bits per heavy atom. The summed E-state index contributed by atoms with van der Waals surface area (Å²) in [6.45, 7) is 4.03. The normalized spacial score (nSPS) is 15.1. The number of ether oxygens (including phenoxy) is 2. The average Bonchev–Trinajstić information content (AvgIpc) is 1.45. The van der Waals surface area contributed by atoms with Gasteiger partial charge in [-0.2, -0.15) is 15.3 Å². The van der Waals surface area contributed by atoms with Crippen LogP contribution < -0.4 is 25.4 Å². The van der Waals surface area contributed by atoms with Crippen molar-refractivity contribution in [1.29, 1.82) is 0 Å². The molecule has 13 rings (SSSR count). The van der Waals surface area contributed by atoms with Crippen molar-refractivity contribution in [2.24, 2.45) is 0 Å². The number of carbonyl (C=O) groups is 3. The summed E-state index contributed by atoms with van der Waals surface area (Å²) in [4.78, 5) is 51.6. The summed E-state index contributed by atoms with van der Waals surface area (Å²) < 4.78 is 15.8. The van der Waals surface area contributed by atoms with Gasteiger partial charge in [0.05, 0.1) is 66.1 Å². The van der Waals surface area contributed by atoms with Crippen molar-refractivity contribution in [2.75, 3.05) is 42.4 Å². The van der Waals surface area contributed by atoms with Gasteiger partial charge in [0.2, 0.25) is 6.79 Å². The van der Waals surface area contributed by atoms with Crippen LogP contribution in [0, 0.1) is 23.7 Å². The number of aliphatic hydroxyl groups is 3. The van der Waals surface area contributed by atoms with Gasteiger partial charge in [-0.15, -0.1) is 0 Å². The number of anilines is 3. The summed E-state index contributed by atoms with van der Waals surface area (Å²) in [5.74, 6) is 11.9. The van der Waals surface area contributed by atoms with Gasteiger partial charge in [-0.05, 0) is 114 Å². The first kappa shape index (κ1) is 66.3. The van der Waals surface area contributed by atoms with Crippen LogP contribution in [0.15, 0.2) is 153 Å². The molecular formula is C72H73N13O11. The SMILES string of the molecule is O=C(O)CC(Cn1cc(C#CC(O)c2ccc3c(n2)NCCC3)cn1)c1ccc2c(c1)OCO2.O=C(O)CC(Cn1cc(C#CC(O)c2ccc3c(n2)NCCC3)cn1)c1cccnc1.O=C(O)CC(Cn1cc(C=CC(O)c2ccc3c(n2)NCCC3)cn1)c1ccccc1. The van der Waals surface area contributed by atoms with Crippen LogP contribution in [0.2, 0.25) is 0 Å². The molecule has 6 unspecified atom stereocenters. The molecule has 7 aromatic heterocycles. The summed E-state index contributed by atoms with van der Waals surface area (Å²) >= 11 is 0. The van der Waals surface area contributed by atoms with Gasteiger partial charge in [0.15, 0.2) is 23.7 Å². The van der Waals surface area contributed by atoms with Gasteiger partial charge in [0, 0.05) is 93.6 Å². The smallest absolute Gasteiger partial charge is 0.304 e. The number of carboxylic acid groups (broad SMARTS) is 3. The van der Waals surface area contributed by atoms with Gasteiger partial charge in [-0.3, -0.25) is 33.4 Å². The predicted molar refractivity (Wildman–Crippen MR) is 356 cm³/mol. The predicted octanol–water partition coefficient (Wildman–Crippen LogP) is 8.72. The molecule has 0 radical (unpaired) electrons. The fourth-order valence-electron chi connectivity index (χ4n) is 11.6. The molecule has 96 heavy (non-hydrogen) atoms. The van der Waals surface area contributed by atoms with E-state index >= 15 is 0 Å². The molecule has 9 N–H and O–H groups in total. The molecule has 11 heterocycles. The van der Waals surface area contributed by atoms with E-state index in [4.69, 9.17) is 9.47 Å². The average molecular weight is 1300 g/mol. The Balaban J connectivity index is 0.000000147. The van der Waals surface area contributed by atoms with Crippen LogP contribution in [-0.4, -0.2) is 124 Å². The van der Waals surface area contributed by atoms with Crippen LogP contribution in [-0.2, 0) is 53.3 Å². The summed E-state index contributed by atoms with van der Waals surface area (Å²) in [6.07, 6.45) is 20.4. The van der Waals surface area contributed by atoms with Crippen LogP contribution in [0.3, 0.4) is 0 Å². The van der Waals surface area contributed by atoms with E-state index in [1.54, 1.807) is 93.8 Å². The number of hydrogen-bond acceptors (Lipinski definition) is 18. The van der Waals surface area contributed by atoms with E-state index in [-0.39, 0.29) is 43.8 Å². The van der Waals surface area contributed by atoms with Crippen molar-refractivity contribution in [3.8, 4) is 35.2 Å². The van der Waals surface area contributed by atoms with Crippen LogP contribution in [0.5, 0.6) is 11.5 Å². The molecule has 0 bridgehead atoms. The molecule has 4 aliphatic heterocycles. The van der Waals surface area contributed by atoms with E-state index in [0.717, 1.165) is 109 Å². The Morgan fingerprint density at radius 2 is 1.00 bits per heavy atom. The fraction of sp³-hybridized carbons (Fsp3) is 0.306. The zero-order valence-electron chi connectivity index (χ0n) is 52.5. The molecule has 0 fully saturated rings. The van der Waals surface area contributed by atoms with E-state index in [2.05, 4.69) is 74.9 Å². The van der Waals surface area contributed by atoms with Crippen molar-refractivity contribution < 1.29 is 54.5 Å². The van der Waals surface area contributed by atoms with Crippen LogP contribution in [0.25, 0.3) is 6.08 Å². The van der Waals surface area contributed by atoms with Gasteiger partial charge in [-0.1, -0.05) is 90.4 Å². The lowest BCUT2D eigenvalue weighted by Crippen LogP contribution is -2.14. The second-order valence-corrected chi connectivity index (χ2v) is 23.6. The monoisotopic (exact) mass is 1300 g/mol. The molecular weight excluding hydrogens is 1220 g/mol. The van der Waals surface area contributed by atoms with Crippen LogP contribution >= 0.6 is 0 Å². The lowest BCUT2D eigenvalue weighted by molar-refractivity contribution is -0.138. The number of rotatable bonds is 20. The Morgan fingerprint density at radius 1 is 0.521 bits per heavy atom. The fourth-order valence-corrected chi connectivity index (χ4v) is 11.6. The zero-order chi connectivity index (χ0) is 66.8. The topological polar surface area (TPSA) is 332 Å². The molecule has 0 saturated heterocycles. The van der Waals surface area contributed by atoms with Crippen molar-refractivity contribution in [1.82, 2.24) is 49.3 Å². The quantitative estimate of drug-likeness (QED) is 0.0322. The summed E-state index contributed by atoms with van der Waals surface area (Å²) in [6, 6.07) is 30.2. The molecule has 24 heteroatoms. The second-order valence-electron chi connectivity index (χ2n) is 23.6. The number of hydrogen-bond donors (Lipinski definition) is 9. The number of aliphatic carboxylic acids is 3. The third kappa shape index (κ3) is 18.4. The summed E-state index contributed by atoms with van der Waals surface area (Å²) in [7, 11) is 0. The highest BCUT2D eigenvalue weighted by Crippen LogP contribution is 2.36. The van der Waals surface area contributed by atoms with Gasteiger partial charge in [0.25, 0.3) is 0 Å². The second kappa shape index (κ2) is 32.1. The Kier molecular flexibility index (Phi) is 22.2. The minimum atomic E-state index is -1.02. The number of aryl methyl sites for hydroxylation is 3. The number of benzene rings is 2. The van der Waals surface area contributed by atoms with Gasteiger partial charge < -0.3 is 56.1 Å². The van der Waals surface area contributed by atoms with E-state index in [1.807, 2.05) is 79.0 Å². The highest BCUT2D eigenvalue weighted by molar-refractivity contribution is 5.69. The maximum Gasteiger partial charge on any atom is 0.304 e. The third-order valence-electron chi connectivity index (χ3n) is 16.5. The lowest BCUT2D eigenvalue weighted by atomic mass is 9.95. The Labute approximate surface area is 553 Å². The van der Waals surface area contributed by atoms with E-state index < -0.39 is 36.2 Å². The highest BCUT2D eigenvalue weighted by atomic mass is 16.7. The number of carboxylic acids is 3. The lowest BCUT2D eigenvalue weighted by Gasteiger charge is -2.18. The minimum Gasteiger partial charge on any atom is -0.481 e. The number of fused-ring (bicyclic) bond motifs is 4. The molecule has 0 spiro atoms. The Hall–Kier alpha value is -11.2. The maximum atomic E-state index is 11.5. The van der Waals surface area contributed by atoms with Crippen LogP contribution in [0.4, 0.5) is 17.5 Å². The van der Waals surface area contributed by atoms with Gasteiger partial charge in [0.1, 0.15) is 23.6 Å². The Bertz CT molecular complexity index is 4320. The van der Waals surface area contributed by atoms with E-state index in [0.29, 0.717) is 59.3 Å². The minimum absolute atomic E-state index is 0.0245. The summed E-state index contributed by atoms with van der Waals surface area (Å²) in [5, 5.41) is 82.1. The first-order valence-corrected chi connectivity index (χ1v) is 31.8. The zero-order valence-corrected chi connectivity index (χ0v) is 52.5. The molecule has 4 aliphatic rings. The number of nitrogens with one attached hydrogen (secondary N) is 3. The largest absolute Gasteiger partial charge is 0.481 e.